The number of halogens is 2. The molecule has 0 spiro atoms. The predicted octanol–water partition coefficient (Wildman–Crippen LogP) is 4.19. The largest absolute Gasteiger partial charge is 0.495 e. The van der Waals surface area contributed by atoms with Gasteiger partial charge in [-0.25, -0.2) is 9.97 Å². The summed E-state index contributed by atoms with van der Waals surface area (Å²) in [6, 6.07) is 5.73. The van der Waals surface area contributed by atoms with Gasteiger partial charge in [0.25, 0.3) is 0 Å². The van der Waals surface area contributed by atoms with Gasteiger partial charge in [0, 0.05) is 11.0 Å². The van der Waals surface area contributed by atoms with E-state index in [-0.39, 0.29) is 0 Å². The van der Waals surface area contributed by atoms with Crippen LogP contribution in [0.1, 0.15) is 6.92 Å². The number of nitrogens with zero attached hydrogens (tertiary/aromatic N) is 2. The second-order valence-corrected chi connectivity index (χ2v) is 5.59. The van der Waals surface area contributed by atoms with E-state index in [0.29, 0.717) is 5.82 Å². The monoisotopic (exact) mass is 400 g/mol. The molecule has 1 heterocycles. The minimum Gasteiger partial charge on any atom is -0.495 e. The van der Waals surface area contributed by atoms with Crippen molar-refractivity contribution in [2.24, 2.45) is 0 Å². The molecule has 0 amide bonds. The van der Waals surface area contributed by atoms with Gasteiger partial charge in [0.1, 0.15) is 28.2 Å². The molecule has 2 N–H and O–H groups in total. The molecule has 0 atom stereocenters. The molecule has 0 aliphatic rings. The van der Waals surface area contributed by atoms with Crippen LogP contribution in [0.5, 0.6) is 5.75 Å². The van der Waals surface area contributed by atoms with Crippen molar-refractivity contribution >= 4 is 49.2 Å². The van der Waals surface area contributed by atoms with Crippen LogP contribution in [0, 0.1) is 0 Å². The van der Waals surface area contributed by atoms with E-state index >= 15 is 0 Å². The van der Waals surface area contributed by atoms with Crippen LogP contribution in [0.25, 0.3) is 0 Å². The fraction of sp³-hybridized carbons (Fsp3) is 0.231. The second-order valence-electron chi connectivity index (χ2n) is 3.88. The minimum atomic E-state index is 0.673. The summed E-state index contributed by atoms with van der Waals surface area (Å²) in [4.78, 5) is 8.42. The third kappa shape index (κ3) is 3.40. The first kappa shape index (κ1) is 15.1. The van der Waals surface area contributed by atoms with E-state index in [1.54, 1.807) is 7.11 Å². The summed E-state index contributed by atoms with van der Waals surface area (Å²) in [5.74, 6) is 2.16. The number of nitrogens with one attached hydrogen (secondary N) is 2. The Balaban J connectivity index is 2.35. The Kier molecular flexibility index (Phi) is 5.19. The molecule has 0 bridgehead atoms. The Morgan fingerprint density at radius 3 is 2.65 bits per heavy atom. The van der Waals surface area contributed by atoms with Crippen LogP contribution in [0.15, 0.2) is 33.5 Å². The first-order chi connectivity index (χ1) is 9.65. The number of methoxy groups -OCH3 is 1. The van der Waals surface area contributed by atoms with Gasteiger partial charge >= 0.3 is 0 Å². The molecule has 0 aliphatic heterocycles. The highest BCUT2D eigenvalue weighted by Gasteiger charge is 2.11. The molecule has 0 radical (unpaired) electrons. The number of rotatable bonds is 5. The van der Waals surface area contributed by atoms with Gasteiger partial charge in [-0.3, -0.25) is 0 Å². The molecular formula is C13H14Br2N4O. The molecule has 0 fully saturated rings. The van der Waals surface area contributed by atoms with Crippen LogP contribution in [0.2, 0.25) is 0 Å². The first-order valence-corrected chi connectivity index (χ1v) is 7.59. The molecule has 2 rings (SSSR count). The quantitative estimate of drug-likeness (QED) is 0.786. The average molecular weight is 402 g/mol. The molecule has 0 saturated carbocycles. The fourth-order valence-electron chi connectivity index (χ4n) is 1.65. The van der Waals surface area contributed by atoms with Crippen molar-refractivity contribution in [3.05, 3.63) is 33.5 Å². The third-order valence-corrected chi connectivity index (χ3v) is 3.79. The number of benzene rings is 1. The van der Waals surface area contributed by atoms with Crippen molar-refractivity contribution in [1.29, 1.82) is 0 Å². The van der Waals surface area contributed by atoms with Gasteiger partial charge in [-0.05, 0) is 41.1 Å². The Morgan fingerprint density at radius 1 is 1.20 bits per heavy atom. The molecule has 20 heavy (non-hydrogen) atoms. The number of hydrogen-bond acceptors (Lipinski definition) is 5. The lowest BCUT2D eigenvalue weighted by Crippen LogP contribution is -2.04. The highest BCUT2D eigenvalue weighted by molar-refractivity contribution is 9.11. The lowest BCUT2D eigenvalue weighted by Gasteiger charge is -2.13. The Bertz CT molecular complexity index is 607. The van der Waals surface area contributed by atoms with E-state index in [4.69, 9.17) is 4.74 Å². The van der Waals surface area contributed by atoms with Gasteiger partial charge in [0.05, 0.1) is 12.8 Å². The summed E-state index contributed by atoms with van der Waals surface area (Å²) < 4.78 is 7.07. The number of aromatic nitrogens is 2. The molecule has 106 valence electrons. The molecule has 1 aromatic carbocycles. The van der Waals surface area contributed by atoms with Crippen LogP contribution in [-0.2, 0) is 0 Å². The van der Waals surface area contributed by atoms with E-state index in [9.17, 15) is 0 Å². The van der Waals surface area contributed by atoms with Gasteiger partial charge in [-0.2, -0.15) is 0 Å². The van der Waals surface area contributed by atoms with Gasteiger partial charge in [0.2, 0.25) is 0 Å². The molecule has 5 nitrogen and oxygen atoms in total. The molecule has 7 heteroatoms. The van der Waals surface area contributed by atoms with Crippen molar-refractivity contribution in [2.45, 2.75) is 6.92 Å². The highest BCUT2D eigenvalue weighted by Crippen LogP contribution is 2.34. The minimum absolute atomic E-state index is 0.673. The zero-order valence-corrected chi connectivity index (χ0v) is 14.2. The van der Waals surface area contributed by atoms with E-state index in [2.05, 4.69) is 52.5 Å². The smallest absolute Gasteiger partial charge is 0.150 e. The maximum Gasteiger partial charge on any atom is 0.150 e. The first-order valence-electron chi connectivity index (χ1n) is 6.00. The average Bonchev–Trinajstić information content (AvgIpc) is 2.44. The number of ether oxygens (including phenoxy) is 1. The van der Waals surface area contributed by atoms with E-state index in [1.807, 2.05) is 25.1 Å². The summed E-state index contributed by atoms with van der Waals surface area (Å²) >= 11 is 6.95. The lowest BCUT2D eigenvalue weighted by atomic mass is 10.3. The maximum absolute atomic E-state index is 5.33. The number of anilines is 3. The van der Waals surface area contributed by atoms with Crippen LogP contribution < -0.4 is 15.4 Å². The number of hydrogen-bond donors (Lipinski definition) is 2. The van der Waals surface area contributed by atoms with Crippen molar-refractivity contribution in [1.82, 2.24) is 9.97 Å². The zero-order valence-electron chi connectivity index (χ0n) is 11.1. The molecule has 0 saturated heterocycles. The fourth-order valence-corrected chi connectivity index (χ4v) is 2.46. The topological polar surface area (TPSA) is 59.1 Å². The van der Waals surface area contributed by atoms with Crippen molar-refractivity contribution < 1.29 is 4.74 Å². The summed E-state index contributed by atoms with van der Waals surface area (Å²) in [6.45, 7) is 2.80. The molecule has 2 aromatic rings. The van der Waals surface area contributed by atoms with E-state index < -0.39 is 0 Å². The standard InChI is InChI=1S/C13H14Br2N4O/c1-3-16-12-11(15)13(18-7-17-12)19-9-6-8(14)4-5-10(9)20-2/h4-7H,3H2,1-2H3,(H2,16,17,18,19). The van der Waals surface area contributed by atoms with Crippen molar-refractivity contribution in [3.63, 3.8) is 0 Å². The van der Waals surface area contributed by atoms with Crippen molar-refractivity contribution in [3.8, 4) is 5.75 Å². The molecule has 1 aromatic heterocycles. The Morgan fingerprint density at radius 2 is 1.95 bits per heavy atom. The van der Waals surface area contributed by atoms with Crippen molar-refractivity contribution in [2.75, 3.05) is 24.3 Å². The Hall–Kier alpha value is -1.34. The SMILES string of the molecule is CCNc1ncnc(Nc2cc(Br)ccc2OC)c1Br. The summed E-state index contributed by atoms with van der Waals surface area (Å²) in [7, 11) is 1.63. The van der Waals surface area contributed by atoms with Gasteiger partial charge < -0.3 is 15.4 Å². The van der Waals surface area contributed by atoms with Crippen LogP contribution in [-0.4, -0.2) is 23.6 Å². The normalized spacial score (nSPS) is 10.2. The van der Waals surface area contributed by atoms with E-state index in [1.165, 1.54) is 6.33 Å². The van der Waals surface area contributed by atoms with Gasteiger partial charge in [-0.1, -0.05) is 15.9 Å². The van der Waals surface area contributed by atoms with Crippen LogP contribution in [0.3, 0.4) is 0 Å². The summed E-state index contributed by atoms with van der Waals surface area (Å²) in [6.07, 6.45) is 1.51. The summed E-state index contributed by atoms with van der Waals surface area (Å²) in [5.41, 5.74) is 0.823. The second kappa shape index (κ2) is 6.90. The predicted molar refractivity (Wildman–Crippen MR) is 87.9 cm³/mol. The summed E-state index contributed by atoms with van der Waals surface area (Å²) in [5, 5.41) is 6.40. The Labute approximate surface area is 134 Å². The molecular weight excluding hydrogens is 388 g/mol. The van der Waals surface area contributed by atoms with Gasteiger partial charge in [-0.15, -0.1) is 0 Å². The molecule has 0 aliphatic carbocycles. The third-order valence-electron chi connectivity index (χ3n) is 2.55. The lowest BCUT2D eigenvalue weighted by molar-refractivity contribution is 0.416. The van der Waals surface area contributed by atoms with Gasteiger partial charge in [0.15, 0.2) is 0 Å². The van der Waals surface area contributed by atoms with Crippen LogP contribution >= 0.6 is 31.9 Å². The van der Waals surface area contributed by atoms with Crippen LogP contribution in [0.4, 0.5) is 17.3 Å². The highest BCUT2D eigenvalue weighted by atomic mass is 79.9. The maximum atomic E-state index is 5.33. The molecule has 0 unspecified atom stereocenters. The zero-order chi connectivity index (χ0) is 14.5. The van der Waals surface area contributed by atoms with E-state index in [0.717, 1.165) is 32.7 Å².